The lowest BCUT2D eigenvalue weighted by Crippen LogP contribution is -2.12. The Hall–Kier alpha value is -2.64. The number of hydrogen-bond donors (Lipinski definition) is 2. The Balaban J connectivity index is 1.93. The summed E-state index contributed by atoms with van der Waals surface area (Å²) in [6, 6.07) is 17.1. The van der Waals surface area contributed by atoms with Gasteiger partial charge in [-0.25, -0.2) is 13.4 Å². The van der Waals surface area contributed by atoms with Gasteiger partial charge >= 0.3 is 0 Å². The van der Waals surface area contributed by atoms with Crippen molar-refractivity contribution in [3.63, 3.8) is 0 Å². The van der Waals surface area contributed by atoms with Gasteiger partial charge in [-0.15, -0.1) is 0 Å². The van der Waals surface area contributed by atoms with Gasteiger partial charge in [-0.2, -0.15) is 0 Å². The maximum Gasteiger partial charge on any atom is 0.229 e. The molecule has 0 spiro atoms. The highest BCUT2D eigenvalue weighted by atomic mass is 32.2. The summed E-state index contributed by atoms with van der Waals surface area (Å²) in [4.78, 5) is 4.56. The van der Waals surface area contributed by atoms with Crippen LogP contribution in [0, 0.1) is 0 Å². The first-order chi connectivity index (χ1) is 12.8. The Labute approximate surface area is 159 Å². The first-order valence-electron chi connectivity index (χ1n) is 8.66. The van der Waals surface area contributed by atoms with E-state index in [-0.39, 0.29) is 0 Å². The predicted molar refractivity (Wildman–Crippen MR) is 107 cm³/mol. The first kappa shape index (κ1) is 19.1. The summed E-state index contributed by atoms with van der Waals surface area (Å²) >= 11 is 0. The van der Waals surface area contributed by atoms with E-state index in [1.54, 1.807) is 25.4 Å². The van der Waals surface area contributed by atoms with Crippen LogP contribution in [0.3, 0.4) is 0 Å². The van der Waals surface area contributed by atoms with Crippen LogP contribution in [-0.2, 0) is 23.0 Å². The molecule has 7 heteroatoms. The number of nitrogens with zero attached hydrogens (tertiary/aromatic N) is 2. The van der Waals surface area contributed by atoms with E-state index in [0.717, 1.165) is 28.8 Å². The van der Waals surface area contributed by atoms with Crippen molar-refractivity contribution in [3.8, 4) is 11.3 Å². The zero-order valence-corrected chi connectivity index (χ0v) is 16.1. The Bertz CT molecular complexity index is 1010. The molecule has 1 atom stereocenters. The molecule has 0 radical (unpaired) electrons. The fourth-order valence-electron chi connectivity index (χ4n) is 3.02. The fraction of sp³-hybridized carbons (Fsp3) is 0.250. The number of hydrogen-bond acceptors (Lipinski definition) is 4. The lowest BCUT2D eigenvalue weighted by atomic mass is 10.1. The molecule has 0 aliphatic heterocycles. The number of benzene rings is 2. The van der Waals surface area contributed by atoms with Crippen molar-refractivity contribution >= 4 is 15.7 Å². The molecule has 1 aromatic heterocycles. The zero-order chi connectivity index (χ0) is 19.4. The molecular formula is C20H23N3O3S. The number of imidazole rings is 1. The van der Waals surface area contributed by atoms with E-state index < -0.39 is 16.1 Å². The quantitative estimate of drug-likeness (QED) is 0.655. The fourth-order valence-corrected chi connectivity index (χ4v) is 3.57. The maximum atomic E-state index is 11.5. The second-order valence-corrected chi connectivity index (χ2v) is 8.41. The average Bonchev–Trinajstić information content (AvgIpc) is 2.96. The van der Waals surface area contributed by atoms with Gasteiger partial charge in [0.05, 0.1) is 24.4 Å². The highest BCUT2D eigenvalue weighted by Crippen LogP contribution is 2.24. The molecule has 3 rings (SSSR count). The van der Waals surface area contributed by atoms with Gasteiger partial charge in [0, 0.05) is 29.9 Å². The van der Waals surface area contributed by atoms with E-state index in [1.807, 2.05) is 47.0 Å². The maximum absolute atomic E-state index is 11.5. The van der Waals surface area contributed by atoms with Crippen LogP contribution >= 0.6 is 0 Å². The van der Waals surface area contributed by atoms with E-state index in [1.165, 1.54) is 0 Å². The van der Waals surface area contributed by atoms with Crippen molar-refractivity contribution in [2.45, 2.75) is 26.0 Å². The van der Waals surface area contributed by atoms with E-state index in [4.69, 9.17) is 0 Å². The van der Waals surface area contributed by atoms with Crippen molar-refractivity contribution in [1.82, 2.24) is 9.55 Å². The van der Waals surface area contributed by atoms with Gasteiger partial charge in [0.1, 0.15) is 0 Å². The van der Waals surface area contributed by atoms with Crippen LogP contribution in [0.4, 0.5) is 5.69 Å². The van der Waals surface area contributed by atoms with Gasteiger partial charge in [0.25, 0.3) is 0 Å². The lowest BCUT2D eigenvalue weighted by molar-refractivity contribution is 0.193. The third-order valence-corrected chi connectivity index (χ3v) is 4.67. The van der Waals surface area contributed by atoms with Crippen molar-refractivity contribution in [2.24, 2.45) is 0 Å². The molecule has 0 saturated carbocycles. The molecule has 0 amide bonds. The summed E-state index contributed by atoms with van der Waals surface area (Å²) in [5, 5.41) is 9.94. The second-order valence-electron chi connectivity index (χ2n) is 6.66. The molecule has 1 unspecified atom stereocenters. The van der Waals surface area contributed by atoms with E-state index in [2.05, 4.69) is 9.71 Å². The number of rotatable bonds is 7. The summed E-state index contributed by atoms with van der Waals surface area (Å²) in [7, 11) is -3.32. The van der Waals surface area contributed by atoms with Gasteiger partial charge in [-0.1, -0.05) is 42.5 Å². The summed E-state index contributed by atoms with van der Waals surface area (Å²) in [5.74, 6) is 0. The molecule has 0 aliphatic carbocycles. The third kappa shape index (κ3) is 5.18. The van der Waals surface area contributed by atoms with Gasteiger partial charge in [-0.05, 0) is 24.6 Å². The largest absolute Gasteiger partial charge is 0.393 e. The Morgan fingerprint density at radius 2 is 1.89 bits per heavy atom. The van der Waals surface area contributed by atoms with Crippen molar-refractivity contribution in [1.29, 1.82) is 0 Å². The molecule has 2 N–H and O–H groups in total. The Morgan fingerprint density at radius 3 is 2.56 bits per heavy atom. The van der Waals surface area contributed by atoms with Crippen molar-refractivity contribution in [2.75, 3.05) is 11.0 Å². The minimum absolute atomic E-state index is 0.478. The minimum atomic E-state index is -3.32. The highest BCUT2D eigenvalue weighted by molar-refractivity contribution is 7.92. The van der Waals surface area contributed by atoms with Crippen LogP contribution in [0.2, 0.25) is 0 Å². The standard InChI is InChI=1S/C20H23N3O3S/c1-15(24)11-19-20(17-8-4-3-5-9-17)21-14-23(19)13-16-7-6-10-18(12-16)22-27(2,25)26/h3-10,12,14-15,22,24H,11,13H2,1-2H3. The molecular weight excluding hydrogens is 362 g/mol. The lowest BCUT2D eigenvalue weighted by Gasteiger charge is -2.13. The Kier molecular flexibility index (Phi) is 5.62. The number of aliphatic hydroxyl groups is 1. The molecule has 142 valence electrons. The van der Waals surface area contributed by atoms with E-state index in [0.29, 0.717) is 18.7 Å². The normalized spacial score (nSPS) is 12.7. The highest BCUT2D eigenvalue weighted by Gasteiger charge is 2.15. The molecule has 3 aromatic rings. The van der Waals surface area contributed by atoms with Crippen LogP contribution in [0.5, 0.6) is 0 Å². The number of anilines is 1. The number of aromatic nitrogens is 2. The Morgan fingerprint density at radius 1 is 1.15 bits per heavy atom. The van der Waals surface area contributed by atoms with Crippen LogP contribution in [0.1, 0.15) is 18.2 Å². The minimum Gasteiger partial charge on any atom is -0.393 e. The number of nitrogens with one attached hydrogen (secondary N) is 1. The summed E-state index contributed by atoms with van der Waals surface area (Å²) in [5.41, 5.74) is 4.25. The smallest absolute Gasteiger partial charge is 0.229 e. The zero-order valence-electron chi connectivity index (χ0n) is 15.3. The SMILES string of the molecule is CC(O)Cc1c(-c2ccccc2)ncn1Cc1cccc(NS(C)(=O)=O)c1. The first-order valence-corrected chi connectivity index (χ1v) is 10.5. The van der Waals surface area contributed by atoms with Crippen LogP contribution < -0.4 is 4.72 Å². The third-order valence-electron chi connectivity index (χ3n) is 4.07. The molecule has 0 fully saturated rings. The van der Waals surface area contributed by atoms with Crippen LogP contribution in [0.15, 0.2) is 60.9 Å². The van der Waals surface area contributed by atoms with Gasteiger partial charge in [-0.3, -0.25) is 4.72 Å². The second kappa shape index (κ2) is 7.94. The van der Waals surface area contributed by atoms with Crippen molar-refractivity contribution < 1.29 is 13.5 Å². The molecule has 2 aromatic carbocycles. The van der Waals surface area contributed by atoms with Crippen molar-refractivity contribution in [3.05, 3.63) is 72.2 Å². The summed E-state index contributed by atoms with van der Waals surface area (Å²) < 4.78 is 27.4. The molecule has 0 bridgehead atoms. The number of aliphatic hydroxyl groups excluding tert-OH is 1. The molecule has 0 aliphatic rings. The predicted octanol–water partition coefficient (Wildman–Crippen LogP) is 2.89. The van der Waals surface area contributed by atoms with Gasteiger partial charge < -0.3 is 9.67 Å². The number of sulfonamides is 1. The molecule has 1 heterocycles. The average molecular weight is 385 g/mol. The summed E-state index contributed by atoms with van der Waals surface area (Å²) in [6.07, 6.45) is 2.87. The molecule has 6 nitrogen and oxygen atoms in total. The van der Waals surface area contributed by atoms with E-state index in [9.17, 15) is 13.5 Å². The molecule has 27 heavy (non-hydrogen) atoms. The van der Waals surface area contributed by atoms with E-state index >= 15 is 0 Å². The molecule has 0 saturated heterocycles. The monoisotopic (exact) mass is 385 g/mol. The van der Waals surface area contributed by atoms with Crippen LogP contribution in [0.25, 0.3) is 11.3 Å². The van der Waals surface area contributed by atoms with Gasteiger partial charge in [0.2, 0.25) is 10.0 Å². The van der Waals surface area contributed by atoms with Gasteiger partial charge in [0.15, 0.2) is 0 Å². The van der Waals surface area contributed by atoms with Crippen LogP contribution in [-0.4, -0.2) is 35.4 Å². The summed E-state index contributed by atoms with van der Waals surface area (Å²) in [6.45, 7) is 2.28. The topological polar surface area (TPSA) is 84.2 Å².